The van der Waals surface area contributed by atoms with Gasteiger partial charge in [-0.05, 0) is 36.5 Å². The van der Waals surface area contributed by atoms with Gasteiger partial charge in [-0.1, -0.05) is 18.2 Å². The summed E-state index contributed by atoms with van der Waals surface area (Å²) in [4.78, 5) is 23.1. The lowest BCUT2D eigenvalue weighted by Crippen LogP contribution is -2.34. The van der Waals surface area contributed by atoms with Crippen molar-refractivity contribution >= 4 is 11.9 Å². The molecular weight excluding hydrogens is 280 g/mol. The number of carboxylic acid groups (broad SMARTS) is 1. The molecule has 6 heteroatoms. The van der Waals surface area contributed by atoms with E-state index in [-0.39, 0.29) is 17.9 Å². The van der Waals surface area contributed by atoms with E-state index in [0.717, 1.165) is 31.0 Å². The Kier molecular flexibility index (Phi) is 4.67. The van der Waals surface area contributed by atoms with E-state index in [9.17, 15) is 18.4 Å². The SMILES string of the molecule is O=C(C[C@@H]1C=CCC1)N[C@@H](C(=O)O)c1ccc(F)c(F)c1. The molecule has 1 amide bonds. The Hall–Kier alpha value is -2.24. The summed E-state index contributed by atoms with van der Waals surface area (Å²) in [5.41, 5.74) is -0.00304. The lowest BCUT2D eigenvalue weighted by Gasteiger charge is -2.16. The summed E-state index contributed by atoms with van der Waals surface area (Å²) in [5, 5.41) is 11.5. The van der Waals surface area contributed by atoms with Crippen LogP contribution in [0.1, 0.15) is 30.9 Å². The Morgan fingerprint density at radius 3 is 2.67 bits per heavy atom. The highest BCUT2D eigenvalue weighted by atomic mass is 19.2. The maximum atomic E-state index is 13.2. The third-order valence-electron chi connectivity index (χ3n) is 3.39. The summed E-state index contributed by atoms with van der Waals surface area (Å²) >= 11 is 0. The molecule has 1 aromatic rings. The van der Waals surface area contributed by atoms with Crippen molar-refractivity contribution in [1.82, 2.24) is 5.32 Å². The first-order valence-corrected chi connectivity index (χ1v) is 6.61. The molecule has 0 heterocycles. The number of carboxylic acids is 1. The van der Waals surface area contributed by atoms with Crippen LogP contribution in [0.3, 0.4) is 0 Å². The van der Waals surface area contributed by atoms with E-state index in [1.165, 1.54) is 0 Å². The van der Waals surface area contributed by atoms with Crippen LogP contribution in [-0.2, 0) is 9.59 Å². The highest BCUT2D eigenvalue weighted by Gasteiger charge is 2.24. The Morgan fingerprint density at radius 1 is 1.33 bits per heavy atom. The van der Waals surface area contributed by atoms with Crippen molar-refractivity contribution in [2.24, 2.45) is 5.92 Å². The zero-order valence-corrected chi connectivity index (χ0v) is 11.2. The van der Waals surface area contributed by atoms with Gasteiger partial charge in [-0.3, -0.25) is 4.79 Å². The van der Waals surface area contributed by atoms with Crippen LogP contribution in [0.2, 0.25) is 0 Å². The number of carbonyl (C=O) groups excluding carboxylic acids is 1. The number of hydrogen-bond acceptors (Lipinski definition) is 2. The first-order chi connectivity index (χ1) is 9.97. The molecule has 2 N–H and O–H groups in total. The number of benzene rings is 1. The van der Waals surface area contributed by atoms with Crippen molar-refractivity contribution < 1.29 is 23.5 Å². The molecular formula is C15H15F2NO3. The van der Waals surface area contributed by atoms with Crippen molar-refractivity contribution in [2.75, 3.05) is 0 Å². The van der Waals surface area contributed by atoms with E-state index in [4.69, 9.17) is 5.11 Å². The van der Waals surface area contributed by atoms with Crippen molar-refractivity contribution in [3.05, 3.63) is 47.5 Å². The van der Waals surface area contributed by atoms with E-state index in [1.54, 1.807) is 0 Å². The monoisotopic (exact) mass is 295 g/mol. The van der Waals surface area contributed by atoms with E-state index >= 15 is 0 Å². The number of aliphatic carboxylic acids is 1. The second-order valence-electron chi connectivity index (χ2n) is 4.98. The lowest BCUT2D eigenvalue weighted by atomic mass is 10.0. The predicted octanol–water partition coefficient (Wildman–Crippen LogP) is 2.56. The fourth-order valence-electron chi connectivity index (χ4n) is 2.30. The molecule has 1 aliphatic rings. The molecule has 2 rings (SSSR count). The minimum absolute atomic E-state index is 0.00304. The predicted molar refractivity (Wildman–Crippen MR) is 71.4 cm³/mol. The fraction of sp³-hybridized carbons (Fsp3) is 0.333. The van der Waals surface area contributed by atoms with Crippen LogP contribution >= 0.6 is 0 Å². The van der Waals surface area contributed by atoms with Gasteiger partial charge in [0.25, 0.3) is 0 Å². The number of amides is 1. The number of nitrogens with one attached hydrogen (secondary N) is 1. The van der Waals surface area contributed by atoms with Crippen LogP contribution in [0.4, 0.5) is 8.78 Å². The molecule has 0 aromatic heterocycles. The number of hydrogen-bond donors (Lipinski definition) is 2. The molecule has 0 fully saturated rings. The Morgan fingerprint density at radius 2 is 2.10 bits per heavy atom. The van der Waals surface area contributed by atoms with E-state index < -0.39 is 29.6 Å². The average molecular weight is 295 g/mol. The maximum absolute atomic E-state index is 13.2. The molecule has 1 aliphatic carbocycles. The minimum Gasteiger partial charge on any atom is -0.479 e. The summed E-state index contributed by atoms with van der Waals surface area (Å²) in [6, 6.07) is 1.38. The van der Waals surface area contributed by atoms with Gasteiger partial charge in [-0.2, -0.15) is 0 Å². The van der Waals surface area contributed by atoms with Gasteiger partial charge in [-0.25, -0.2) is 13.6 Å². The third-order valence-corrected chi connectivity index (χ3v) is 3.39. The van der Waals surface area contributed by atoms with Gasteiger partial charge in [-0.15, -0.1) is 0 Å². The number of carbonyl (C=O) groups is 2. The standard InChI is InChI=1S/C15H15F2NO3/c16-11-6-5-10(8-12(11)17)14(15(20)21)18-13(19)7-9-3-1-2-4-9/h1,3,5-6,8-9,14H,2,4,7H2,(H,18,19)(H,20,21)/t9-,14-/m1/s1. The van der Waals surface area contributed by atoms with Crippen molar-refractivity contribution in [3.8, 4) is 0 Å². The molecule has 0 unspecified atom stereocenters. The zero-order valence-electron chi connectivity index (χ0n) is 11.2. The van der Waals surface area contributed by atoms with Crippen LogP contribution in [0.5, 0.6) is 0 Å². The molecule has 0 bridgehead atoms. The highest BCUT2D eigenvalue weighted by molar-refractivity contribution is 5.84. The number of rotatable bonds is 5. The number of halogens is 2. The first-order valence-electron chi connectivity index (χ1n) is 6.61. The molecule has 21 heavy (non-hydrogen) atoms. The quantitative estimate of drug-likeness (QED) is 0.820. The van der Waals surface area contributed by atoms with E-state index in [1.807, 2.05) is 12.2 Å². The first kappa shape index (κ1) is 15.2. The normalized spacial score (nSPS) is 18.5. The summed E-state index contributed by atoms with van der Waals surface area (Å²) in [7, 11) is 0. The van der Waals surface area contributed by atoms with Crippen LogP contribution in [0, 0.1) is 17.6 Å². The minimum atomic E-state index is -1.39. The molecule has 4 nitrogen and oxygen atoms in total. The summed E-state index contributed by atoms with van der Waals surface area (Å²) < 4.78 is 26.1. The smallest absolute Gasteiger partial charge is 0.330 e. The molecule has 1 aromatic carbocycles. The van der Waals surface area contributed by atoms with E-state index in [2.05, 4.69) is 5.32 Å². The molecule has 0 saturated heterocycles. The molecule has 0 saturated carbocycles. The average Bonchev–Trinajstić information content (AvgIpc) is 2.92. The molecule has 2 atom stereocenters. The van der Waals surface area contributed by atoms with E-state index in [0.29, 0.717) is 0 Å². The van der Waals surface area contributed by atoms with Gasteiger partial charge in [0.15, 0.2) is 17.7 Å². The lowest BCUT2D eigenvalue weighted by molar-refractivity contribution is -0.142. The second kappa shape index (κ2) is 6.47. The fourth-order valence-corrected chi connectivity index (χ4v) is 2.30. The summed E-state index contributed by atoms with van der Waals surface area (Å²) in [5.74, 6) is -3.86. The van der Waals surface area contributed by atoms with Crippen molar-refractivity contribution in [1.29, 1.82) is 0 Å². The topological polar surface area (TPSA) is 66.4 Å². The molecule has 0 radical (unpaired) electrons. The van der Waals surface area contributed by atoms with Crippen LogP contribution < -0.4 is 5.32 Å². The van der Waals surface area contributed by atoms with Crippen molar-refractivity contribution in [3.63, 3.8) is 0 Å². The van der Waals surface area contributed by atoms with Crippen LogP contribution in [0.25, 0.3) is 0 Å². The summed E-state index contributed by atoms with van der Waals surface area (Å²) in [6.07, 6.45) is 5.85. The van der Waals surface area contributed by atoms with Crippen LogP contribution in [0.15, 0.2) is 30.4 Å². The van der Waals surface area contributed by atoms with Gasteiger partial charge in [0, 0.05) is 6.42 Å². The second-order valence-corrected chi connectivity index (χ2v) is 4.98. The Labute approximate surface area is 120 Å². The summed E-state index contributed by atoms with van der Waals surface area (Å²) in [6.45, 7) is 0. The molecule has 0 aliphatic heterocycles. The Bertz CT molecular complexity index is 586. The highest BCUT2D eigenvalue weighted by Crippen LogP contribution is 2.22. The Balaban J connectivity index is 2.07. The third kappa shape index (κ3) is 3.87. The van der Waals surface area contributed by atoms with Gasteiger partial charge in [0.1, 0.15) is 0 Å². The molecule has 0 spiro atoms. The van der Waals surface area contributed by atoms with Crippen LogP contribution in [-0.4, -0.2) is 17.0 Å². The maximum Gasteiger partial charge on any atom is 0.330 e. The molecule has 112 valence electrons. The zero-order chi connectivity index (χ0) is 15.4. The van der Waals surface area contributed by atoms with Crippen molar-refractivity contribution in [2.45, 2.75) is 25.3 Å². The van der Waals surface area contributed by atoms with Gasteiger partial charge < -0.3 is 10.4 Å². The largest absolute Gasteiger partial charge is 0.479 e. The van der Waals surface area contributed by atoms with Gasteiger partial charge >= 0.3 is 5.97 Å². The van der Waals surface area contributed by atoms with Gasteiger partial charge in [0.05, 0.1) is 0 Å². The number of allylic oxidation sites excluding steroid dienone is 2. The van der Waals surface area contributed by atoms with Gasteiger partial charge in [0.2, 0.25) is 5.91 Å².